The van der Waals surface area contributed by atoms with Gasteiger partial charge >= 0.3 is 6.09 Å². The van der Waals surface area contributed by atoms with Crippen LogP contribution in [0.3, 0.4) is 0 Å². The fourth-order valence-electron chi connectivity index (χ4n) is 2.17. The zero-order valence-electron chi connectivity index (χ0n) is 19.1. The van der Waals surface area contributed by atoms with E-state index in [2.05, 4.69) is 20.8 Å². The lowest BCUT2D eigenvalue weighted by Crippen LogP contribution is -2.34. The Bertz CT molecular complexity index is 956. The standard InChI is InChI=1S/C22H29FN4O5/c1-21(2,3)18(28)26-19-25-17(32-27-19)15-7-9-16(10-8-15)30-13-14(11-23)12-24-20(29)31-22(4,5)6/h7-11H,12-13H2,1-6H3,(H,24,29)(H,26,27,28)/b14-11+. The monoisotopic (exact) mass is 448 g/mol. The molecule has 0 aliphatic carbocycles. The van der Waals surface area contributed by atoms with E-state index in [0.29, 0.717) is 17.6 Å². The molecule has 0 atom stereocenters. The highest BCUT2D eigenvalue weighted by atomic mass is 19.1. The van der Waals surface area contributed by atoms with Crippen LogP contribution in [0.2, 0.25) is 0 Å². The van der Waals surface area contributed by atoms with Gasteiger partial charge in [-0.05, 0) is 50.2 Å². The number of rotatable bonds is 7. The molecule has 0 fully saturated rings. The summed E-state index contributed by atoms with van der Waals surface area (Å²) >= 11 is 0. The van der Waals surface area contributed by atoms with Crippen molar-refractivity contribution in [1.82, 2.24) is 15.5 Å². The lowest BCUT2D eigenvalue weighted by atomic mass is 9.96. The SMILES string of the molecule is CC(C)(C)OC(=O)NC/C(=C\F)COc1ccc(-c2nc(NC(=O)C(C)(C)C)no2)cc1. The van der Waals surface area contributed by atoms with Gasteiger partial charge < -0.3 is 19.3 Å². The first kappa shape index (κ1) is 24.8. The molecule has 2 N–H and O–H groups in total. The summed E-state index contributed by atoms with van der Waals surface area (Å²) in [6.45, 7) is 10.4. The van der Waals surface area contributed by atoms with Crippen LogP contribution in [0.25, 0.3) is 11.5 Å². The molecule has 10 heteroatoms. The summed E-state index contributed by atoms with van der Waals surface area (Å²) in [6.07, 6.45) is -0.253. The van der Waals surface area contributed by atoms with Crippen LogP contribution in [0, 0.1) is 5.41 Å². The maximum Gasteiger partial charge on any atom is 0.407 e. The lowest BCUT2D eigenvalue weighted by Gasteiger charge is -2.20. The number of nitrogens with zero attached hydrogens (tertiary/aromatic N) is 2. The molecular weight excluding hydrogens is 419 g/mol. The molecule has 9 nitrogen and oxygen atoms in total. The number of carbonyl (C=O) groups excluding carboxylic acids is 2. The Labute approximate surface area is 186 Å². The Kier molecular flexibility index (Phi) is 7.96. The normalized spacial score (nSPS) is 12.3. The van der Waals surface area contributed by atoms with E-state index in [9.17, 15) is 14.0 Å². The number of alkyl carbamates (subject to hydrolysis) is 1. The van der Waals surface area contributed by atoms with E-state index >= 15 is 0 Å². The van der Waals surface area contributed by atoms with Gasteiger partial charge in [-0.15, -0.1) is 0 Å². The lowest BCUT2D eigenvalue weighted by molar-refractivity contribution is -0.123. The van der Waals surface area contributed by atoms with Gasteiger partial charge in [0.25, 0.3) is 11.8 Å². The van der Waals surface area contributed by atoms with Crippen molar-refractivity contribution in [2.75, 3.05) is 18.5 Å². The van der Waals surface area contributed by atoms with Crippen molar-refractivity contribution in [3.8, 4) is 17.2 Å². The fraction of sp³-hybridized carbons (Fsp3) is 0.455. The Morgan fingerprint density at radius 3 is 2.34 bits per heavy atom. The summed E-state index contributed by atoms with van der Waals surface area (Å²) in [7, 11) is 0. The van der Waals surface area contributed by atoms with Gasteiger partial charge in [-0.25, -0.2) is 9.18 Å². The number of halogens is 1. The number of nitrogens with one attached hydrogen (secondary N) is 2. The average molecular weight is 448 g/mol. The van der Waals surface area contributed by atoms with Crippen molar-refractivity contribution in [3.63, 3.8) is 0 Å². The van der Waals surface area contributed by atoms with Crippen LogP contribution in [0.1, 0.15) is 41.5 Å². The van der Waals surface area contributed by atoms with E-state index in [4.69, 9.17) is 14.0 Å². The maximum atomic E-state index is 13.1. The smallest absolute Gasteiger partial charge is 0.407 e. The van der Waals surface area contributed by atoms with Crippen molar-refractivity contribution in [2.45, 2.75) is 47.1 Å². The van der Waals surface area contributed by atoms with Crippen molar-refractivity contribution in [2.24, 2.45) is 5.41 Å². The second-order valence-corrected chi connectivity index (χ2v) is 9.06. The number of hydrogen-bond acceptors (Lipinski definition) is 7. The van der Waals surface area contributed by atoms with Gasteiger partial charge in [-0.3, -0.25) is 10.1 Å². The van der Waals surface area contributed by atoms with Gasteiger partial charge in [0, 0.05) is 23.1 Å². The largest absolute Gasteiger partial charge is 0.489 e. The first-order valence-electron chi connectivity index (χ1n) is 10.0. The molecule has 2 rings (SSSR count). The quantitative estimate of drug-likeness (QED) is 0.642. The molecule has 0 radical (unpaired) electrons. The number of carbonyl (C=O) groups is 2. The van der Waals surface area contributed by atoms with Crippen LogP contribution in [0.4, 0.5) is 15.1 Å². The molecule has 1 aromatic carbocycles. The van der Waals surface area contributed by atoms with E-state index in [1.54, 1.807) is 65.8 Å². The molecule has 0 aliphatic rings. The van der Waals surface area contributed by atoms with Crippen LogP contribution in [-0.2, 0) is 9.53 Å². The summed E-state index contributed by atoms with van der Waals surface area (Å²) in [5.74, 6) is 0.555. The minimum Gasteiger partial charge on any atom is -0.489 e. The zero-order chi connectivity index (χ0) is 23.9. The van der Waals surface area contributed by atoms with Gasteiger partial charge in [0.15, 0.2) is 0 Å². The average Bonchev–Trinajstić information content (AvgIpc) is 3.15. The Hall–Kier alpha value is -3.43. The summed E-state index contributed by atoms with van der Waals surface area (Å²) in [5.41, 5.74) is -0.376. The number of benzene rings is 1. The van der Waals surface area contributed by atoms with Crippen molar-refractivity contribution in [1.29, 1.82) is 0 Å². The van der Waals surface area contributed by atoms with Crippen LogP contribution in [0.5, 0.6) is 5.75 Å². The first-order valence-corrected chi connectivity index (χ1v) is 10.0. The summed E-state index contributed by atoms with van der Waals surface area (Å²) < 4.78 is 29.0. The number of amides is 2. The predicted molar refractivity (Wildman–Crippen MR) is 117 cm³/mol. The van der Waals surface area contributed by atoms with Crippen LogP contribution >= 0.6 is 0 Å². The van der Waals surface area contributed by atoms with Crippen molar-refractivity contribution >= 4 is 17.9 Å². The molecule has 0 saturated heterocycles. The van der Waals surface area contributed by atoms with Gasteiger partial charge in [0.2, 0.25) is 5.91 Å². The van der Waals surface area contributed by atoms with Gasteiger partial charge in [-0.2, -0.15) is 4.98 Å². The molecule has 1 heterocycles. The minimum absolute atomic E-state index is 0.0471. The molecule has 0 saturated carbocycles. The minimum atomic E-state index is -0.640. The number of hydrogen-bond donors (Lipinski definition) is 2. The van der Waals surface area contributed by atoms with E-state index in [1.165, 1.54) is 0 Å². The summed E-state index contributed by atoms with van der Waals surface area (Å²) in [4.78, 5) is 27.8. The maximum absolute atomic E-state index is 13.1. The third-order valence-corrected chi connectivity index (χ3v) is 3.87. The molecule has 1 aromatic heterocycles. The Balaban J connectivity index is 1.89. The van der Waals surface area contributed by atoms with Crippen molar-refractivity contribution in [3.05, 3.63) is 36.2 Å². The van der Waals surface area contributed by atoms with E-state index < -0.39 is 17.1 Å². The fourth-order valence-corrected chi connectivity index (χ4v) is 2.17. The molecule has 174 valence electrons. The molecule has 32 heavy (non-hydrogen) atoms. The molecule has 2 aromatic rings. The van der Waals surface area contributed by atoms with Crippen LogP contribution in [-0.4, -0.2) is 40.9 Å². The predicted octanol–water partition coefficient (Wildman–Crippen LogP) is 4.48. The van der Waals surface area contributed by atoms with Crippen LogP contribution < -0.4 is 15.4 Å². The Morgan fingerprint density at radius 1 is 1.12 bits per heavy atom. The highest BCUT2D eigenvalue weighted by Crippen LogP contribution is 2.23. The van der Waals surface area contributed by atoms with Crippen LogP contribution in [0.15, 0.2) is 40.7 Å². The highest BCUT2D eigenvalue weighted by molar-refractivity contribution is 5.93. The molecule has 2 amide bonds. The molecular formula is C22H29FN4O5. The van der Waals surface area contributed by atoms with Gasteiger partial charge in [0.1, 0.15) is 18.0 Å². The van der Waals surface area contributed by atoms with Gasteiger partial charge in [-0.1, -0.05) is 20.8 Å². The summed E-state index contributed by atoms with van der Waals surface area (Å²) in [5, 5.41) is 8.82. The van der Waals surface area contributed by atoms with E-state index in [1.807, 2.05) is 0 Å². The molecule has 0 aliphatic heterocycles. The van der Waals surface area contributed by atoms with Gasteiger partial charge in [0.05, 0.1) is 6.33 Å². The molecule has 0 spiro atoms. The molecule has 0 bridgehead atoms. The van der Waals surface area contributed by atoms with Crippen molar-refractivity contribution < 1.29 is 28.0 Å². The third-order valence-electron chi connectivity index (χ3n) is 3.87. The van der Waals surface area contributed by atoms with E-state index in [0.717, 1.165) is 0 Å². The Morgan fingerprint density at radius 2 is 1.78 bits per heavy atom. The number of ether oxygens (including phenoxy) is 2. The number of aromatic nitrogens is 2. The zero-order valence-corrected chi connectivity index (χ0v) is 19.1. The molecule has 0 unspecified atom stereocenters. The number of anilines is 1. The van der Waals surface area contributed by atoms with E-state index in [-0.39, 0.29) is 36.5 Å². The second kappa shape index (κ2) is 10.3. The summed E-state index contributed by atoms with van der Waals surface area (Å²) in [6, 6.07) is 6.69. The third kappa shape index (κ3) is 8.01. The second-order valence-electron chi connectivity index (χ2n) is 9.06. The highest BCUT2D eigenvalue weighted by Gasteiger charge is 2.23. The first-order chi connectivity index (χ1) is 14.9. The topological polar surface area (TPSA) is 116 Å².